The van der Waals surface area contributed by atoms with Gasteiger partial charge in [0.1, 0.15) is 0 Å². The van der Waals surface area contributed by atoms with E-state index in [-0.39, 0.29) is 0 Å². The molecule has 0 spiro atoms. The Bertz CT molecular complexity index is 484. The standard InChI is InChI=1S/C17H26N2S/c1-11-7-5-9-15(13(11)3)18-17(20)19-16-10-6-8-12(2)14(16)4/h5,7,9,12,14,16H,6,8,10H2,1-4H3,(H2,18,19,20)/t12-,14-,16+/m1/s1. The normalized spacial score (nSPS) is 26.1. The summed E-state index contributed by atoms with van der Waals surface area (Å²) >= 11 is 5.49. The Morgan fingerprint density at radius 3 is 2.70 bits per heavy atom. The van der Waals surface area contributed by atoms with Gasteiger partial charge in [-0.15, -0.1) is 0 Å². The quantitative estimate of drug-likeness (QED) is 0.789. The highest BCUT2D eigenvalue weighted by Crippen LogP contribution is 2.29. The predicted molar refractivity (Wildman–Crippen MR) is 91.2 cm³/mol. The summed E-state index contributed by atoms with van der Waals surface area (Å²) in [6.07, 6.45) is 3.87. The Labute approximate surface area is 128 Å². The highest BCUT2D eigenvalue weighted by molar-refractivity contribution is 7.80. The van der Waals surface area contributed by atoms with Gasteiger partial charge < -0.3 is 10.6 Å². The molecule has 2 nitrogen and oxygen atoms in total. The summed E-state index contributed by atoms with van der Waals surface area (Å²) in [5, 5.41) is 7.62. The summed E-state index contributed by atoms with van der Waals surface area (Å²) in [6, 6.07) is 6.79. The van der Waals surface area contributed by atoms with Crippen LogP contribution in [0.4, 0.5) is 5.69 Å². The third kappa shape index (κ3) is 3.51. The van der Waals surface area contributed by atoms with Crippen LogP contribution in [0.15, 0.2) is 18.2 Å². The molecule has 1 fully saturated rings. The molecule has 3 atom stereocenters. The van der Waals surface area contributed by atoms with Crippen LogP contribution in [0.5, 0.6) is 0 Å². The number of benzene rings is 1. The van der Waals surface area contributed by atoms with Crippen molar-refractivity contribution in [2.75, 3.05) is 5.32 Å². The van der Waals surface area contributed by atoms with Gasteiger partial charge in [-0.25, -0.2) is 0 Å². The zero-order valence-electron chi connectivity index (χ0n) is 13.0. The van der Waals surface area contributed by atoms with Crippen LogP contribution in [-0.4, -0.2) is 11.2 Å². The fourth-order valence-electron chi connectivity index (χ4n) is 3.00. The van der Waals surface area contributed by atoms with E-state index < -0.39 is 0 Å². The molecule has 2 N–H and O–H groups in total. The molecular weight excluding hydrogens is 264 g/mol. The van der Waals surface area contributed by atoms with E-state index >= 15 is 0 Å². The summed E-state index contributed by atoms with van der Waals surface area (Å²) in [4.78, 5) is 0. The number of rotatable bonds is 2. The van der Waals surface area contributed by atoms with Crippen LogP contribution >= 0.6 is 12.2 Å². The lowest BCUT2D eigenvalue weighted by atomic mass is 9.78. The van der Waals surface area contributed by atoms with Gasteiger partial charge in [0.2, 0.25) is 0 Å². The lowest BCUT2D eigenvalue weighted by molar-refractivity contribution is 0.225. The van der Waals surface area contributed by atoms with Crippen molar-refractivity contribution in [3.05, 3.63) is 29.3 Å². The van der Waals surface area contributed by atoms with Gasteiger partial charge in [0.25, 0.3) is 0 Å². The lowest BCUT2D eigenvalue weighted by Gasteiger charge is -2.35. The molecule has 0 saturated heterocycles. The smallest absolute Gasteiger partial charge is 0.171 e. The molecule has 1 saturated carbocycles. The molecule has 0 radical (unpaired) electrons. The lowest BCUT2D eigenvalue weighted by Crippen LogP contribution is -2.45. The fourth-order valence-corrected chi connectivity index (χ4v) is 3.26. The van der Waals surface area contributed by atoms with E-state index in [1.54, 1.807) is 0 Å². The number of hydrogen-bond acceptors (Lipinski definition) is 1. The molecule has 1 aromatic carbocycles. The van der Waals surface area contributed by atoms with Crippen molar-refractivity contribution < 1.29 is 0 Å². The molecule has 20 heavy (non-hydrogen) atoms. The second kappa shape index (κ2) is 6.57. The zero-order chi connectivity index (χ0) is 14.7. The van der Waals surface area contributed by atoms with Gasteiger partial charge in [0.15, 0.2) is 5.11 Å². The number of aryl methyl sites for hydroxylation is 1. The Balaban J connectivity index is 1.97. The van der Waals surface area contributed by atoms with Crippen LogP contribution in [0.1, 0.15) is 44.2 Å². The molecule has 2 rings (SSSR count). The summed E-state index contributed by atoms with van der Waals surface area (Å²) in [6.45, 7) is 8.94. The van der Waals surface area contributed by atoms with E-state index in [2.05, 4.69) is 56.5 Å². The van der Waals surface area contributed by atoms with Crippen LogP contribution < -0.4 is 10.6 Å². The first kappa shape index (κ1) is 15.3. The number of hydrogen-bond donors (Lipinski definition) is 2. The van der Waals surface area contributed by atoms with Gasteiger partial charge in [0, 0.05) is 11.7 Å². The first-order valence-corrected chi connectivity index (χ1v) is 8.03. The zero-order valence-corrected chi connectivity index (χ0v) is 13.8. The minimum atomic E-state index is 0.504. The van der Waals surface area contributed by atoms with Crippen molar-refractivity contribution in [1.29, 1.82) is 0 Å². The Morgan fingerprint density at radius 2 is 1.95 bits per heavy atom. The molecule has 0 amide bonds. The molecule has 3 heteroatoms. The maximum Gasteiger partial charge on any atom is 0.171 e. The SMILES string of the molecule is Cc1cccc(NC(=S)N[C@H]2CCC[C@@H](C)[C@H]2C)c1C. The maximum absolute atomic E-state index is 5.49. The second-order valence-electron chi connectivity index (χ2n) is 6.22. The minimum Gasteiger partial charge on any atom is -0.359 e. The van der Waals surface area contributed by atoms with E-state index in [0.29, 0.717) is 12.0 Å². The van der Waals surface area contributed by atoms with E-state index in [1.165, 1.54) is 30.4 Å². The fraction of sp³-hybridized carbons (Fsp3) is 0.588. The van der Waals surface area contributed by atoms with Gasteiger partial charge >= 0.3 is 0 Å². The van der Waals surface area contributed by atoms with Crippen LogP contribution in [0, 0.1) is 25.7 Å². The maximum atomic E-state index is 5.49. The summed E-state index contributed by atoms with van der Waals surface area (Å²) in [7, 11) is 0. The molecule has 0 bridgehead atoms. The third-order valence-electron chi connectivity index (χ3n) is 4.88. The predicted octanol–water partition coefficient (Wildman–Crippen LogP) is 4.41. The highest BCUT2D eigenvalue weighted by Gasteiger charge is 2.27. The molecule has 0 aliphatic heterocycles. The summed E-state index contributed by atoms with van der Waals surface area (Å²) in [5.41, 5.74) is 3.66. The first-order valence-electron chi connectivity index (χ1n) is 7.62. The van der Waals surface area contributed by atoms with Crippen LogP contribution in [0.3, 0.4) is 0 Å². The number of thiocarbonyl (C=S) groups is 1. The van der Waals surface area contributed by atoms with E-state index in [0.717, 1.165) is 16.7 Å². The van der Waals surface area contributed by atoms with Crippen molar-refractivity contribution in [2.24, 2.45) is 11.8 Å². The van der Waals surface area contributed by atoms with E-state index in [1.807, 2.05) is 0 Å². The van der Waals surface area contributed by atoms with Crippen molar-refractivity contribution in [2.45, 2.75) is 53.0 Å². The highest BCUT2D eigenvalue weighted by atomic mass is 32.1. The van der Waals surface area contributed by atoms with Crippen molar-refractivity contribution in [1.82, 2.24) is 5.32 Å². The van der Waals surface area contributed by atoms with E-state index in [9.17, 15) is 0 Å². The Hall–Kier alpha value is -1.09. The molecule has 1 aromatic rings. The van der Waals surface area contributed by atoms with Gasteiger partial charge in [0.05, 0.1) is 0 Å². The molecule has 1 aliphatic carbocycles. The topological polar surface area (TPSA) is 24.1 Å². The van der Waals surface area contributed by atoms with Crippen molar-refractivity contribution in [3.63, 3.8) is 0 Å². The van der Waals surface area contributed by atoms with Crippen LogP contribution in [0.2, 0.25) is 0 Å². The molecule has 110 valence electrons. The Morgan fingerprint density at radius 1 is 1.20 bits per heavy atom. The second-order valence-corrected chi connectivity index (χ2v) is 6.63. The first-order chi connectivity index (χ1) is 9.49. The number of nitrogens with one attached hydrogen (secondary N) is 2. The van der Waals surface area contributed by atoms with Crippen molar-refractivity contribution >= 4 is 23.0 Å². The monoisotopic (exact) mass is 290 g/mol. The van der Waals surface area contributed by atoms with Gasteiger partial charge in [-0.1, -0.05) is 38.8 Å². The third-order valence-corrected chi connectivity index (χ3v) is 5.10. The minimum absolute atomic E-state index is 0.504. The van der Waals surface area contributed by atoms with Gasteiger partial charge in [-0.3, -0.25) is 0 Å². The molecule has 1 aliphatic rings. The van der Waals surface area contributed by atoms with Crippen LogP contribution in [-0.2, 0) is 0 Å². The molecule has 0 aromatic heterocycles. The molecular formula is C17H26N2S. The molecule has 0 heterocycles. The summed E-state index contributed by atoms with van der Waals surface area (Å²) in [5.74, 6) is 1.46. The average molecular weight is 290 g/mol. The Kier molecular flexibility index (Phi) is 5.03. The molecule has 0 unspecified atom stereocenters. The van der Waals surface area contributed by atoms with Crippen LogP contribution in [0.25, 0.3) is 0 Å². The number of anilines is 1. The average Bonchev–Trinajstić information content (AvgIpc) is 2.40. The van der Waals surface area contributed by atoms with Gasteiger partial charge in [-0.2, -0.15) is 0 Å². The van der Waals surface area contributed by atoms with Gasteiger partial charge in [-0.05, 0) is 61.5 Å². The van der Waals surface area contributed by atoms with E-state index in [4.69, 9.17) is 12.2 Å². The van der Waals surface area contributed by atoms with Crippen molar-refractivity contribution in [3.8, 4) is 0 Å². The summed E-state index contributed by atoms with van der Waals surface area (Å²) < 4.78 is 0. The largest absolute Gasteiger partial charge is 0.359 e.